The van der Waals surface area contributed by atoms with Crippen LogP contribution in [0.5, 0.6) is 0 Å². The predicted octanol–water partition coefficient (Wildman–Crippen LogP) is 1.90. The smallest absolute Gasteiger partial charge is 0.311 e. The molecule has 1 atom stereocenters. The van der Waals surface area contributed by atoms with Gasteiger partial charge in [-0.3, -0.25) is 19.2 Å². The molecule has 0 aromatic heterocycles. The fraction of sp³-hybridized carbons (Fsp3) is 0.550. The molecule has 0 saturated carbocycles. The van der Waals surface area contributed by atoms with Crippen LogP contribution in [-0.4, -0.2) is 66.9 Å². The summed E-state index contributed by atoms with van der Waals surface area (Å²) in [5.41, 5.74) is 0.237. The summed E-state index contributed by atoms with van der Waals surface area (Å²) in [5.74, 6) is -1.14. The van der Waals surface area contributed by atoms with Gasteiger partial charge >= 0.3 is 5.97 Å². The number of hydrogen-bond donors (Lipinski definition) is 0. The van der Waals surface area contributed by atoms with Crippen LogP contribution in [0.1, 0.15) is 24.8 Å². The SMILES string of the molecule is COC(=O)C1CC(=O)N(OC)C12CCN(C(=O)Cc1ccc(SC)cc1)CC2. The lowest BCUT2D eigenvalue weighted by molar-refractivity contribution is -0.209. The van der Waals surface area contributed by atoms with Gasteiger partial charge in [0.1, 0.15) is 0 Å². The normalized spacial score (nSPS) is 21.2. The molecule has 0 radical (unpaired) electrons. The first-order valence-electron chi connectivity index (χ1n) is 9.31. The number of ether oxygens (including phenoxy) is 1. The highest BCUT2D eigenvalue weighted by atomic mass is 32.2. The maximum Gasteiger partial charge on any atom is 0.311 e. The summed E-state index contributed by atoms with van der Waals surface area (Å²) in [6, 6.07) is 7.98. The molecule has 1 aromatic carbocycles. The fourth-order valence-corrected chi connectivity index (χ4v) is 4.70. The maximum absolute atomic E-state index is 12.7. The van der Waals surface area contributed by atoms with Gasteiger partial charge in [0, 0.05) is 24.4 Å². The molecule has 1 aromatic rings. The van der Waals surface area contributed by atoms with Crippen LogP contribution in [-0.2, 0) is 30.4 Å². The Hall–Kier alpha value is -2.06. The molecule has 0 bridgehead atoms. The van der Waals surface area contributed by atoms with Crippen molar-refractivity contribution in [3.05, 3.63) is 29.8 Å². The van der Waals surface area contributed by atoms with E-state index in [0.29, 0.717) is 32.4 Å². The van der Waals surface area contributed by atoms with E-state index in [4.69, 9.17) is 9.57 Å². The van der Waals surface area contributed by atoms with Gasteiger partial charge in [-0.05, 0) is 36.8 Å². The van der Waals surface area contributed by atoms with Gasteiger partial charge in [0.2, 0.25) is 11.8 Å². The summed E-state index contributed by atoms with van der Waals surface area (Å²) in [7, 11) is 2.77. The van der Waals surface area contributed by atoms with E-state index in [1.807, 2.05) is 30.5 Å². The number of benzene rings is 1. The van der Waals surface area contributed by atoms with Crippen molar-refractivity contribution in [3.63, 3.8) is 0 Å². The predicted molar refractivity (Wildman–Crippen MR) is 104 cm³/mol. The van der Waals surface area contributed by atoms with Crippen molar-refractivity contribution >= 4 is 29.5 Å². The number of amides is 2. The van der Waals surface area contributed by atoms with Crippen LogP contribution in [0.2, 0.25) is 0 Å². The van der Waals surface area contributed by atoms with Crippen LogP contribution in [0.4, 0.5) is 0 Å². The fourth-order valence-electron chi connectivity index (χ4n) is 4.29. The monoisotopic (exact) mass is 406 g/mol. The standard InChI is InChI=1S/C20H26N2O5S/c1-26-19(25)16-13-18(24)22(27-2)20(16)8-10-21(11-9-20)17(23)12-14-4-6-15(28-3)7-5-14/h4-7,16H,8-13H2,1-3H3. The third-order valence-corrected chi connectivity index (χ3v) is 6.57. The van der Waals surface area contributed by atoms with Gasteiger partial charge in [0.25, 0.3) is 0 Å². The van der Waals surface area contributed by atoms with Crippen molar-refractivity contribution in [2.75, 3.05) is 33.6 Å². The van der Waals surface area contributed by atoms with Crippen LogP contribution >= 0.6 is 11.8 Å². The summed E-state index contributed by atoms with van der Waals surface area (Å²) in [4.78, 5) is 45.6. The Morgan fingerprint density at radius 1 is 1.18 bits per heavy atom. The van der Waals surface area contributed by atoms with Crippen molar-refractivity contribution in [2.24, 2.45) is 5.92 Å². The van der Waals surface area contributed by atoms with Crippen LogP contribution < -0.4 is 0 Å². The molecule has 0 N–H and O–H groups in total. The molecular formula is C20H26N2O5S. The Balaban J connectivity index is 1.68. The second-order valence-electron chi connectivity index (χ2n) is 7.16. The zero-order valence-corrected chi connectivity index (χ0v) is 17.3. The second-order valence-corrected chi connectivity index (χ2v) is 8.04. The zero-order valence-electron chi connectivity index (χ0n) is 16.5. The van der Waals surface area contributed by atoms with Crippen LogP contribution in [0, 0.1) is 5.92 Å². The maximum atomic E-state index is 12.7. The number of likely N-dealkylation sites (tertiary alicyclic amines) is 1. The van der Waals surface area contributed by atoms with Gasteiger partial charge in [0.15, 0.2) is 0 Å². The van der Waals surface area contributed by atoms with Crippen molar-refractivity contribution in [1.29, 1.82) is 0 Å². The molecule has 2 aliphatic heterocycles. The van der Waals surface area contributed by atoms with Gasteiger partial charge in [-0.1, -0.05) is 12.1 Å². The van der Waals surface area contributed by atoms with E-state index in [9.17, 15) is 14.4 Å². The van der Waals surface area contributed by atoms with E-state index in [1.54, 1.807) is 16.7 Å². The number of piperidine rings is 1. The first kappa shape index (κ1) is 20.7. The van der Waals surface area contributed by atoms with Gasteiger partial charge < -0.3 is 9.64 Å². The Labute approximate surface area is 169 Å². The number of thioether (sulfide) groups is 1. The van der Waals surface area contributed by atoms with Crippen molar-refractivity contribution < 1.29 is 24.0 Å². The number of carbonyl (C=O) groups excluding carboxylic acids is 3. The highest BCUT2D eigenvalue weighted by Gasteiger charge is 2.58. The summed E-state index contributed by atoms with van der Waals surface area (Å²) >= 11 is 1.66. The largest absolute Gasteiger partial charge is 0.469 e. The van der Waals surface area contributed by atoms with E-state index in [-0.39, 0.29) is 18.2 Å². The minimum absolute atomic E-state index is 0.0506. The lowest BCUT2D eigenvalue weighted by atomic mass is 9.77. The molecule has 28 heavy (non-hydrogen) atoms. The Morgan fingerprint density at radius 2 is 1.82 bits per heavy atom. The van der Waals surface area contributed by atoms with E-state index in [0.717, 1.165) is 10.5 Å². The first-order valence-corrected chi connectivity index (χ1v) is 10.5. The minimum atomic E-state index is -0.740. The molecule has 2 aliphatic rings. The Kier molecular flexibility index (Phi) is 6.30. The Morgan fingerprint density at radius 3 is 2.36 bits per heavy atom. The van der Waals surface area contributed by atoms with Gasteiger partial charge in [-0.25, -0.2) is 5.06 Å². The molecule has 1 spiro atoms. The first-order chi connectivity index (χ1) is 13.4. The lowest BCUT2D eigenvalue weighted by Gasteiger charge is -2.45. The average Bonchev–Trinajstić information content (AvgIpc) is 2.99. The molecule has 2 fully saturated rings. The third-order valence-electron chi connectivity index (χ3n) is 5.82. The van der Waals surface area contributed by atoms with Crippen molar-refractivity contribution in [1.82, 2.24) is 9.96 Å². The van der Waals surface area contributed by atoms with Crippen LogP contribution in [0.25, 0.3) is 0 Å². The number of nitrogens with zero attached hydrogens (tertiary/aromatic N) is 2. The highest BCUT2D eigenvalue weighted by Crippen LogP contribution is 2.44. The number of hydroxylamine groups is 2. The molecule has 2 heterocycles. The third kappa shape index (κ3) is 3.75. The number of esters is 1. The molecule has 7 nitrogen and oxygen atoms in total. The number of hydrogen-bond acceptors (Lipinski definition) is 6. The number of rotatable bonds is 5. The molecule has 8 heteroatoms. The number of carbonyl (C=O) groups is 3. The van der Waals surface area contributed by atoms with Gasteiger partial charge in [-0.15, -0.1) is 11.8 Å². The van der Waals surface area contributed by atoms with E-state index >= 15 is 0 Å². The second kappa shape index (κ2) is 8.53. The van der Waals surface area contributed by atoms with Crippen LogP contribution in [0.15, 0.2) is 29.2 Å². The minimum Gasteiger partial charge on any atom is -0.469 e. The number of methoxy groups -OCH3 is 1. The summed E-state index contributed by atoms with van der Waals surface area (Å²) in [6.45, 7) is 0.949. The summed E-state index contributed by atoms with van der Waals surface area (Å²) in [5, 5.41) is 1.33. The van der Waals surface area contributed by atoms with Crippen molar-refractivity contribution in [3.8, 4) is 0 Å². The average molecular weight is 407 g/mol. The Bertz CT molecular complexity index is 741. The molecular weight excluding hydrogens is 380 g/mol. The van der Waals surface area contributed by atoms with Gasteiger partial charge in [0.05, 0.1) is 32.1 Å². The topological polar surface area (TPSA) is 76.2 Å². The molecule has 3 rings (SSSR count). The van der Waals surface area contributed by atoms with E-state index in [2.05, 4.69) is 0 Å². The van der Waals surface area contributed by atoms with Crippen molar-refractivity contribution in [2.45, 2.75) is 36.1 Å². The molecule has 2 saturated heterocycles. The lowest BCUT2D eigenvalue weighted by Crippen LogP contribution is -2.58. The molecule has 152 valence electrons. The molecule has 0 aliphatic carbocycles. The molecule has 1 unspecified atom stereocenters. The van der Waals surface area contributed by atoms with E-state index < -0.39 is 17.4 Å². The van der Waals surface area contributed by atoms with Gasteiger partial charge in [-0.2, -0.15) is 0 Å². The van der Waals surface area contributed by atoms with E-state index in [1.165, 1.54) is 19.3 Å². The quantitative estimate of drug-likeness (QED) is 0.549. The highest BCUT2D eigenvalue weighted by molar-refractivity contribution is 7.98. The molecule has 2 amide bonds. The zero-order chi connectivity index (χ0) is 20.3. The van der Waals surface area contributed by atoms with Crippen LogP contribution in [0.3, 0.4) is 0 Å². The summed E-state index contributed by atoms with van der Waals surface area (Å²) < 4.78 is 4.92. The summed E-state index contributed by atoms with van der Waals surface area (Å²) in [6.07, 6.45) is 3.42.